The maximum Gasteiger partial charge on any atom is 0.160 e. The van der Waals surface area contributed by atoms with Gasteiger partial charge < -0.3 is 0 Å². The van der Waals surface area contributed by atoms with Crippen molar-refractivity contribution < 1.29 is 0 Å². The van der Waals surface area contributed by atoms with E-state index in [2.05, 4.69) is 147 Å². The molecule has 45 heavy (non-hydrogen) atoms. The van der Waals surface area contributed by atoms with Gasteiger partial charge in [0.1, 0.15) is 0 Å². The number of benzene rings is 7. The van der Waals surface area contributed by atoms with E-state index in [9.17, 15) is 0 Å². The third-order valence-electron chi connectivity index (χ3n) is 9.64. The molecule has 0 bridgehead atoms. The van der Waals surface area contributed by atoms with Gasteiger partial charge in [0.25, 0.3) is 0 Å². The summed E-state index contributed by atoms with van der Waals surface area (Å²) in [5.41, 5.74) is 10.2. The molecule has 1 heterocycles. The van der Waals surface area contributed by atoms with Gasteiger partial charge in [-0.25, -0.2) is 9.97 Å². The van der Waals surface area contributed by atoms with Gasteiger partial charge in [0, 0.05) is 22.1 Å². The second-order valence-electron chi connectivity index (χ2n) is 12.6. The van der Waals surface area contributed by atoms with Gasteiger partial charge in [0.05, 0.1) is 11.4 Å². The van der Waals surface area contributed by atoms with Gasteiger partial charge in [-0.2, -0.15) is 0 Å². The summed E-state index contributed by atoms with van der Waals surface area (Å²) in [5.74, 6) is 0.737. The van der Waals surface area contributed by atoms with Crippen molar-refractivity contribution in [3.05, 3.63) is 157 Å². The van der Waals surface area contributed by atoms with E-state index in [1.54, 1.807) is 0 Å². The van der Waals surface area contributed by atoms with E-state index in [0.717, 1.165) is 33.9 Å². The van der Waals surface area contributed by atoms with E-state index in [0.29, 0.717) is 0 Å². The van der Waals surface area contributed by atoms with Crippen molar-refractivity contribution >= 4 is 32.3 Å². The van der Waals surface area contributed by atoms with Gasteiger partial charge in [-0.3, -0.25) is 0 Å². The lowest BCUT2D eigenvalue weighted by molar-refractivity contribution is 0.666. The zero-order valence-corrected chi connectivity index (χ0v) is 25.3. The predicted molar refractivity (Wildman–Crippen MR) is 188 cm³/mol. The van der Waals surface area contributed by atoms with Crippen molar-refractivity contribution in [3.8, 4) is 45.0 Å². The second kappa shape index (κ2) is 9.70. The molecular formula is C43H30N2. The van der Waals surface area contributed by atoms with Crippen LogP contribution >= 0.6 is 0 Å². The Morgan fingerprint density at radius 1 is 0.422 bits per heavy atom. The van der Waals surface area contributed by atoms with Crippen LogP contribution in [0.1, 0.15) is 25.0 Å². The van der Waals surface area contributed by atoms with Gasteiger partial charge in [0.2, 0.25) is 0 Å². The van der Waals surface area contributed by atoms with Gasteiger partial charge in [0.15, 0.2) is 5.82 Å². The lowest BCUT2D eigenvalue weighted by Crippen LogP contribution is -2.15. The minimum Gasteiger partial charge on any atom is -0.228 e. The molecule has 1 aliphatic rings. The Bertz CT molecular complexity index is 2350. The minimum atomic E-state index is -0.171. The Morgan fingerprint density at radius 2 is 0.933 bits per heavy atom. The van der Waals surface area contributed by atoms with E-state index in [-0.39, 0.29) is 5.41 Å². The molecule has 0 N–H and O–H groups in total. The van der Waals surface area contributed by atoms with Crippen molar-refractivity contribution in [2.24, 2.45) is 0 Å². The second-order valence-corrected chi connectivity index (χ2v) is 12.6. The van der Waals surface area contributed by atoms with Crippen LogP contribution in [0.15, 0.2) is 146 Å². The molecule has 212 valence electrons. The summed E-state index contributed by atoms with van der Waals surface area (Å²) in [7, 11) is 0. The van der Waals surface area contributed by atoms with Crippen LogP contribution in [0.3, 0.4) is 0 Å². The lowest BCUT2D eigenvalue weighted by atomic mass is 9.78. The Labute approximate surface area is 262 Å². The van der Waals surface area contributed by atoms with Crippen LogP contribution in [0.25, 0.3) is 77.3 Å². The predicted octanol–water partition coefficient (Wildman–Crippen LogP) is 11.2. The standard InChI is InChI=1S/C43H30N2/c1-43(2)37-24-21-29(42-44-38(27-13-5-3-6-14-27)26-39(45-42)28-15-7-4-8-16-28)25-36(37)35-23-22-34-32-19-10-9-17-30(32)31-18-11-12-20-33(31)40(34)41(35)43/h3-26H,1-2H3. The summed E-state index contributed by atoms with van der Waals surface area (Å²) in [4.78, 5) is 10.3. The first-order chi connectivity index (χ1) is 22.1. The zero-order valence-electron chi connectivity index (χ0n) is 25.3. The van der Waals surface area contributed by atoms with Gasteiger partial charge in [-0.1, -0.05) is 147 Å². The van der Waals surface area contributed by atoms with Crippen molar-refractivity contribution in [1.82, 2.24) is 9.97 Å². The number of hydrogen-bond donors (Lipinski definition) is 0. The molecule has 2 heteroatoms. The van der Waals surface area contributed by atoms with Gasteiger partial charge in [-0.15, -0.1) is 0 Å². The lowest BCUT2D eigenvalue weighted by Gasteiger charge is -2.24. The van der Waals surface area contributed by atoms with Crippen LogP contribution < -0.4 is 0 Å². The summed E-state index contributed by atoms with van der Waals surface area (Å²) in [6.45, 7) is 4.75. The first kappa shape index (κ1) is 25.9. The Kier molecular flexibility index (Phi) is 5.58. The van der Waals surface area contributed by atoms with Crippen LogP contribution in [0.4, 0.5) is 0 Å². The van der Waals surface area contributed by atoms with Crippen LogP contribution in [0.2, 0.25) is 0 Å². The quantitative estimate of drug-likeness (QED) is 0.196. The number of rotatable bonds is 3. The number of aromatic nitrogens is 2. The molecule has 8 aromatic rings. The molecule has 1 aliphatic carbocycles. The first-order valence-corrected chi connectivity index (χ1v) is 15.6. The molecule has 0 unspecified atom stereocenters. The average molecular weight is 575 g/mol. The van der Waals surface area contributed by atoms with Crippen molar-refractivity contribution in [3.63, 3.8) is 0 Å². The SMILES string of the molecule is CC1(C)c2ccc(-c3nc(-c4ccccc4)cc(-c4ccccc4)n3)cc2-c2ccc3c4ccccc4c4ccccc4c3c21. The smallest absolute Gasteiger partial charge is 0.160 e. The Balaban J connectivity index is 1.29. The molecule has 7 aromatic carbocycles. The molecule has 2 nitrogen and oxygen atoms in total. The van der Waals surface area contributed by atoms with Gasteiger partial charge in [-0.05, 0) is 66.7 Å². The zero-order chi connectivity index (χ0) is 30.1. The molecule has 0 saturated heterocycles. The summed E-state index contributed by atoms with van der Waals surface area (Å²) in [6.07, 6.45) is 0. The minimum absolute atomic E-state index is 0.171. The summed E-state index contributed by atoms with van der Waals surface area (Å²) in [6, 6.07) is 52.1. The fourth-order valence-corrected chi connectivity index (χ4v) is 7.55. The molecular weight excluding hydrogens is 544 g/mol. The monoisotopic (exact) mass is 574 g/mol. The maximum absolute atomic E-state index is 5.13. The highest BCUT2D eigenvalue weighted by Gasteiger charge is 2.38. The molecule has 1 aromatic heterocycles. The molecule has 0 amide bonds. The fraction of sp³-hybridized carbons (Fsp3) is 0.0698. The van der Waals surface area contributed by atoms with Crippen molar-refractivity contribution in [1.29, 1.82) is 0 Å². The third-order valence-corrected chi connectivity index (χ3v) is 9.64. The number of fused-ring (bicyclic) bond motifs is 10. The summed E-state index contributed by atoms with van der Waals surface area (Å²) < 4.78 is 0. The normalized spacial score (nSPS) is 13.3. The largest absolute Gasteiger partial charge is 0.228 e. The molecule has 0 aliphatic heterocycles. The highest BCUT2D eigenvalue weighted by molar-refractivity contribution is 6.27. The van der Waals surface area contributed by atoms with E-state index < -0.39 is 0 Å². The van der Waals surface area contributed by atoms with Gasteiger partial charge >= 0.3 is 0 Å². The maximum atomic E-state index is 5.13. The van der Waals surface area contributed by atoms with Crippen LogP contribution in [-0.4, -0.2) is 9.97 Å². The topological polar surface area (TPSA) is 25.8 Å². The van der Waals surface area contributed by atoms with Crippen LogP contribution in [0.5, 0.6) is 0 Å². The molecule has 0 saturated carbocycles. The number of hydrogen-bond acceptors (Lipinski definition) is 2. The van der Waals surface area contributed by atoms with Crippen LogP contribution in [0, 0.1) is 0 Å². The van der Waals surface area contributed by atoms with Crippen molar-refractivity contribution in [2.75, 3.05) is 0 Å². The first-order valence-electron chi connectivity index (χ1n) is 15.6. The Morgan fingerprint density at radius 3 is 1.53 bits per heavy atom. The molecule has 0 fully saturated rings. The molecule has 0 spiro atoms. The van der Waals surface area contributed by atoms with E-state index in [4.69, 9.17) is 9.97 Å². The third kappa shape index (κ3) is 3.89. The molecule has 9 rings (SSSR count). The van der Waals surface area contributed by atoms with E-state index in [1.807, 2.05) is 12.1 Å². The van der Waals surface area contributed by atoms with Crippen molar-refractivity contribution in [2.45, 2.75) is 19.3 Å². The molecule has 0 atom stereocenters. The van der Waals surface area contributed by atoms with Crippen LogP contribution in [-0.2, 0) is 5.41 Å². The molecule has 0 radical (unpaired) electrons. The summed E-state index contributed by atoms with van der Waals surface area (Å²) >= 11 is 0. The van der Waals surface area contributed by atoms with E-state index >= 15 is 0 Å². The fourth-order valence-electron chi connectivity index (χ4n) is 7.55. The Hall–Kier alpha value is -5.60. The number of nitrogens with zero attached hydrogens (tertiary/aromatic N) is 2. The highest BCUT2D eigenvalue weighted by atomic mass is 14.9. The highest BCUT2D eigenvalue weighted by Crippen LogP contribution is 2.54. The average Bonchev–Trinajstić information content (AvgIpc) is 3.34. The summed E-state index contributed by atoms with van der Waals surface area (Å²) in [5, 5.41) is 7.91. The van der Waals surface area contributed by atoms with E-state index in [1.165, 1.54) is 54.6 Å².